The van der Waals surface area contributed by atoms with Crippen molar-refractivity contribution in [1.82, 2.24) is 0 Å². The summed E-state index contributed by atoms with van der Waals surface area (Å²) < 4.78 is 0. The SMILES string of the molecule is CCc1ccc(C=Nc2ccc(N=Nc3ccccc3)cc2)cc1. The lowest BCUT2D eigenvalue weighted by molar-refractivity contribution is 1.14. The topological polar surface area (TPSA) is 37.1 Å². The lowest BCUT2D eigenvalue weighted by Gasteiger charge is -1.98. The monoisotopic (exact) mass is 313 g/mol. The fourth-order valence-corrected chi connectivity index (χ4v) is 2.20. The van der Waals surface area contributed by atoms with Crippen LogP contribution in [-0.4, -0.2) is 6.21 Å². The number of aliphatic imine (C=N–C) groups is 1. The molecule has 0 aromatic heterocycles. The van der Waals surface area contributed by atoms with Gasteiger partial charge >= 0.3 is 0 Å². The quantitative estimate of drug-likeness (QED) is 0.385. The Kier molecular flexibility index (Phi) is 5.25. The predicted molar refractivity (Wildman–Crippen MR) is 100 cm³/mol. The standard InChI is InChI=1S/C21H19N3/c1-2-17-8-10-18(11-9-17)16-22-19-12-14-21(15-13-19)24-23-20-6-4-3-5-7-20/h3-16H,2H2,1H3. The first-order chi connectivity index (χ1) is 11.8. The molecule has 0 aliphatic rings. The Morgan fingerprint density at radius 2 is 1.25 bits per heavy atom. The molecule has 0 heterocycles. The summed E-state index contributed by atoms with van der Waals surface area (Å²) in [6.07, 6.45) is 2.93. The normalized spacial score (nSPS) is 11.4. The number of rotatable bonds is 5. The largest absolute Gasteiger partial charge is 0.256 e. The third kappa shape index (κ3) is 4.46. The van der Waals surface area contributed by atoms with Crippen LogP contribution in [0, 0.1) is 0 Å². The summed E-state index contributed by atoms with van der Waals surface area (Å²) in [5, 5.41) is 8.43. The second-order valence-corrected chi connectivity index (χ2v) is 5.41. The Balaban J connectivity index is 1.65. The van der Waals surface area contributed by atoms with Gasteiger partial charge in [0, 0.05) is 6.21 Å². The minimum Gasteiger partial charge on any atom is -0.256 e. The fraction of sp³-hybridized carbons (Fsp3) is 0.0952. The van der Waals surface area contributed by atoms with E-state index in [0.717, 1.165) is 29.0 Å². The minimum absolute atomic E-state index is 0.810. The van der Waals surface area contributed by atoms with Gasteiger partial charge in [-0.05, 0) is 53.9 Å². The molecule has 0 radical (unpaired) electrons. The highest BCUT2D eigenvalue weighted by Crippen LogP contribution is 2.21. The maximum absolute atomic E-state index is 4.49. The maximum atomic E-state index is 4.49. The summed E-state index contributed by atoms with van der Waals surface area (Å²) in [6.45, 7) is 2.15. The van der Waals surface area contributed by atoms with Gasteiger partial charge in [-0.15, -0.1) is 0 Å². The van der Waals surface area contributed by atoms with Crippen molar-refractivity contribution < 1.29 is 0 Å². The first kappa shape index (κ1) is 15.8. The van der Waals surface area contributed by atoms with Crippen LogP contribution in [-0.2, 0) is 6.42 Å². The van der Waals surface area contributed by atoms with Crippen LogP contribution in [0.3, 0.4) is 0 Å². The third-order valence-corrected chi connectivity index (χ3v) is 3.64. The van der Waals surface area contributed by atoms with E-state index < -0.39 is 0 Å². The molecule has 0 spiro atoms. The Bertz CT molecular complexity index is 817. The molecule has 0 saturated carbocycles. The van der Waals surface area contributed by atoms with E-state index in [1.54, 1.807) is 0 Å². The summed E-state index contributed by atoms with van der Waals surface area (Å²) in [5.74, 6) is 0. The van der Waals surface area contributed by atoms with Gasteiger partial charge in [0.05, 0.1) is 17.1 Å². The van der Waals surface area contributed by atoms with Crippen LogP contribution in [0.25, 0.3) is 0 Å². The van der Waals surface area contributed by atoms with Gasteiger partial charge in [0.2, 0.25) is 0 Å². The van der Waals surface area contributed by atoms with Crippen molar-refractivity contribution in [2.75, 3.05) is 0 Å². The molecule has 3 aromatic carbocycles. The highest BCUT2D eigenvalue weighted by Gasteiger charge is 1.93. The highest BCUT2D eigenvalue weighted by atomic mass is 15.1. The molecule has 0 atom stereocenters. The van der Waals surface area contributed by atoms with E-state index in [-0.39, 0.29) is 0 Å². The van der Waals surface area contributed by atoms with Crippen LogP contribution in [0.5, 0.6) is 0 Å². The number of nitrogens with zero attached hydrogens (tertiary/aromatic N) is 3. The maximum Gasteiger partial charge on any atom is 0.0858 e. The van der Waals surface area contributed by atoms with Crippen LogP contribution >= 0.6 is 0 Å². The Morgan fingerprint density at radius 1 is 0.667 bits per heavy atom. The Morgan fingerprint density at radius 3 is 1.88 bits per heavy atom. The van der Waals surface area contributed by atoms with Crippen LogP contribution in [0.4, 0.5) is 17.1 Å². The molecule has 0 amide bonds. The highest BCUT2D eigenvalue weighted by molar-refractivity contribution is 5.82. The van der Waals surface area contributed by atoms with E-state index in [1.807, 2.05) is 60.8 Å². The Labute approximate surface area is 142 Å². The Hall–Kier alpha value is -3.07. The van der Waals surface area contributed by atoms with E-state index in [2.05, 4.69) is 46.4 Å². The summed E-state index contributed by atoms with van der Waals surface area (Å²) in [7, 11) is 0. The van der Waals surface area contributed by atoms with Crippen molar-refractivity contribution >= 4 is 23.3 Å². The van der Waals surface area contributed by atoms with Gasteiger partial charge in [-0.3, -0.25) is 4.99 Å². The number of azo groups is 1. The number of benzene rings is 3. The molecule has 0 aliphatic carbocycles. The van der Waals surface area contributed by atoms with Crippen LogP contribution in [0.15, 0.2) is 94.1 Å². The molecular formula is C21H19N3. The molecular weight excluding hydrogens is 294 g/mol. The van der Waals surface area contributed by atoms with E-state index >= 15 is 0 Å². The van der Waals surface area contributed by atoms with Gasteiger partial charge in [-0.1, -0.05) is 49.4 Å². The predicted octanol–water partition coefficient (Wildman–Crippen LogP) is 6.42. The molecule has 3 heteroatoms. The number of aryl methyl sites for hydroxylation is 1. The van der Waals surface area contributed by atoms with E-state index in [1.165, 1.54) is 5.56 Å². The lowest BCUT2D eigenvalue weighted by atomic mass is 10.1. The zero-order valence-electron chi connectivity index (χ0n) is 13.6. The van der Waals surface area contributed by atoms with Crippen LogP contribution in [0.2, 0.25) is 0 Å². The van der Waals surface area contributed by atoms with Crippen LogP contribution < -0.4 is 0 Å². The number of hydrogen-bond acceptors (Lipinski definition) is 3. The van der Waals surface area contributed by atoms with E-state index in [4.69, 9.17) is 0 Å². The second-order valence-electron chi connectivity index (χ2n) is 5.41. The first-order valence-electron chi connectivity index (χ1n) is 8.03. The van der Waals surface area contributed by atoms with Gasteiger partial charge < -0.3 is 0 Å². The second kappa shape index (κ2) is 7.97. The molecule has 0 bridgehead atoms. The van der Waals surface area contributed by atoms with Crippen molar-refractivity contribution in [3.8, 4) is 0 Å². The molecule has 0 aliphatic heterocycles. The third-order valence-electron chi connectivity index (χ3n) is 3.64. The first-order valence-corrected chi connectivity index (χ1v) is 8.03. The molecule has 24 heavy (non-hydrogen) atoms. The molecule has 0 N–H and O–H groups in total. The lowest BCUT2D eigenvalue weighted by Crippen LogP contribution is -1.83. The minimum atomic E-state index is 0.810. The fourth-order valence-electron chi connectivity index (χ4n) is 2.20. The van der Waals surface area contributed by atoms with E-state index in [9.17, 15) is 0 Å². The summed E-state index contributed by atoms with van der Waals surface area (Å²) >= 11 is 0. The molecule has 0 unspecified atom stereocenters. The average molecular weight is 313 g/mol. The summed E-state index contributed by atoms with van der Waals surface area (Å²) in [4.78, 5) is 4.49. The van der Waals surface area contributed by atoms with E-state index in [0.29, 0.717) is 0 Å². The summed E-state index contributed by atoms with van der Waals surface area (Å²) in [6, 6.07) is 25.8. The smallest absolute Gasteiger partial charge is 0.0858 e. The molecule has 118 valence electrons. The zero-order chi connectivity index (χ0) is 16.6. The van der Waals surface area contributed by atoms with Gasteiger partial charge in [0.15, 0.2) is 0 Å². The molecule has 3 rings (SSSR count). The van der Waals surface area contributed by atoms with Crippen LogP contribution in [0.1, 0.15) is 18.1 Å². The van der Waals surface area contributed by atoms with Crippen molar-refractivity contribution in [2.45, 2.75) is 13.3 Å². The number of hydrogen-bond donors (Lipinski definition) is 0. The van der Waals surface area contributed by atoms with Crippen molar-refractivity contribution in [1.29, 1.82) is 0 Å². The average Bonchev–Trinajstić information content (AvgIpc) is 2.67. The molecule has 3 aromatic rings. The summed E-state index contributed by atoms with van der Waals surface area (Å²) in [5.41, 5.74) is 4.98. The van der Waals surface area contributed by atoms with Crippen molar-refractivity contribution in [3.63, 3.8) is 0 Å². The van der Waals surface area contributed by atoms with Gasteiger partial charge in [0.25, 0.3) is 0 Å². The van der Waals surface area contributed by atoms with Crippen molar-refractivity contribution in [3.05, 3.63) is 90.0 Å². The molecule has 0 fully saturated rings. The van der Waals surface area contributed by atoms with Gasteiger partial charge in [-0.25, -0.2) is 0 Å². The van der Waals surface area contributed by atoms with Crippen molar-refractivity contribution in [2.24, 2.45) is 15.2 Å². The molecule has 3 nitrogen and oxygen atoms in total. The zero-order valence-corrected chi connectivity index (χ0v) is 13.6. The molecule has 0 saturated heterocycles. The van der Waals surface area contributed by atoms with Gasteiger partial charge in [0.1, 0.15) is 0 Å². The van der Waals surface area contributed by atoms with Gasteiger partial charge in [-0.2, -0.15) is 10.2 Å².